The van der Waals surface area contributed by atoms with Crippen molar-refractivity contribution in [1.82, 2.24) is 4.98 Å². The summed E-state index contributed by atoms with van der Waals surface area (Å²) in [5.41, 5.74) is -0.0876. The van der Waals surface area contributed by atoms with Gasteiger partial charge in [0.15, 0.2) is 0 Å². The van der Waals surface area contributed by atoms with Gasteiger partial charge in [0.1, 0.15) is 0 Å². The summed E-state index contributed by atoms with van der Waals surface area (Å²) < 4.78 is 45.4. The molecular formula is C7H6ClF2NO2S. The number of halogens is 3. The van der Waals surface area contributed by atoms with Crippen LogP contribution in [0.2, 0.25) is 5.02 Å². The van der Waals surface area contributed by atoms with E-state index in [1.54, 1.807) is 0 Å². The van der Waals surface area contributed by atoms with Gasteiger partial charge in [0.2, 0.25) is 5.95 Å². The van der Waals surface area contributed by atoms with Crippen LogP contribution in [-0.2, 0) is 16.6 Å². The third kappa shape index (κ3) is 3.19. The van der Waals surface area contributed by atoms with Crippen molar-refractivity contribution in [2.75, 3.05) is 5.75 Å². The molecule has 0 unspecified atom stereocenters. The molecule has 0 fully saturated rings. The van der Waals surface area contributed by atoms with Gasteiger partial charge >= 0.3 is 10.2 Å². The third-order valence-electron chi connectivity index (χ3n) is 1.54. The largest absolute Gasteiger partial charge is 0.302 e. The Kier molecular flexibility index (Phi) is 3.38. The second-order valence-corrected chi connectivity index (χ2v) is 4.45. The highest BCUT2D eigenvalue weighted by Gasteiger charge is 2.13. The van der Waals surface area contributed by atoms with Gasteiger partial charge in [0.05, 0.1) is 5.75 Å². The fraction of sp³-hybridized carbons (Fsp3) is 0.286. The van der Waals surface area contributed by atoms with Crippen molar-refractivity contribution in [3.05, 3.63) is 28.8 Å². The molecule has 0 radical (unpaired) electrons. The average Bonchev–Trinajstić information content (AvgIpc) is 2.01. The molecule has 1 aromatic heterocycles. The Hall–Kier alpha value is -0.750. The van der Waals surface area contributed by atoms with Crippen LogP contribution < -0.4 is 0 Å². The first kappa shape index (κ1) is 11.3. The van der Waals surface area contributed by atoms with Crippen LogP contribution in [0, 0.1) is 5.95 Å². The molecule has 0 aliphatic rings. The molecule has 7 heteroatoms. The summed E-state index contributed by atoms with van der Waals surface area (Å²) in [5, 5.41) is 0.0427. The molecule has 0 saturated carbocycles. The van der Waals surface area contributed by atoms with Crippen molar-refractivity contribution < 1.29 is 16.7 Å². The van der Waals surface area contributed by atoms with Crippen LogP contribution in [0.4, 0.5) is 8.28 Å². The number of nitrogens with zero attached hydrogens (tertiary/aromatic N) is 1. The smallest absolute Gasteiger partial charge is 0.228 e. The third-order valence-corrected chi connectivity index (χ3v) is 2.59. The molecule has 78 valence electrons. The average molecular weight is 242 g/mol. The molecule has 0 saturated heterocycles. The van der Waals surface area contributed by atoms with Crippen LogP contribution in [-0.4, -0.2) is 19.2 Å². The van der Waals surface area contributed by atoms with E-state index in [4.69, 9.17) is 11.6 Å². The number of aromatic nitrogens is 1. The molecule has 1 heterocycles. The Morgan fingerprint density at radius 1 is 1.50 bits per heavy atom. The monoisotopic (exact) mass is 241 g/mol. The van der Waals surface area contributed by atoms with E-state index >= 15 is 0 Å². The summed E-state index contributed by atoms with van der Waals surface area (Å²) in [4.78, 5) is 3.27. The lowest BCUT2D eigenvalue weighted by atomic mass is 10.2. The van der Waals surface area contributed by atoms with Crippen LogP contribution in [0.1, 0.15) is 5.56 Å². The maximum atomic E-state index is 12.9. The second-order valence-electron chi connectivity index (χ2n) is 2.56. The van der Waals surface area contributed by atoms with Crippen molar-refractivity contribution in [2.24, 2.45) is 0 Å². The summed E-state index contributed by atoms with van der Waals surface area (Å²) in [6, 6.07) is 1.31. The molecular weight excluding hydrogens is 236 g/mol. The minimum absolute atomic E-state index is 0.0427. The van der Waals surface area contributed by atoms with E-state index in [0.717, 1.165) is 6.20 Å². The summed E-state index contributed by atoms with van der Waals surface area (Å²) in [5.74, 6) is -1.67. The van der Waals surface area contributed by atoms with Gasteiger partial charge in [-0.05, 0) is 12.5 Å². The standard InChI is InChI=1S/C7H6ClF2NO2S/c8-6-1-3-11-7(9)5(6)2-4-14(10,12)13/h1,3H,2,4H2. The molecule has 14 heavy (non-hydrogen) atoms. The molecule has 0 aliphatic carbocycles. The molecule has 0 spiro atoms. The lowest BCUT2D eigenvalue weighted by Gasteiger charge is -2.02. The van der Waals surface area contributed by atoms with Crippen molar-refractivity contribution in [3.8, 4) is 0 Å². The van der Waals surface area contributed by atoms with E-state index in [1.807, 2.05) is 0 Å². The Labute approximate surface area is 84.9 Å². The maximum absolute atomic E-state index is 12.9. The van der Waals surface area contributed by atoms with Gasteiger partial charge in [0, 0.05) is 16.8 Å². The normalized spacial score (nSPS) is 11.6. The summed E-state index contributed by atoms with van der Waals surface area (Å²) in [6.07, 6.45) is 0.822. The van der Waals surface area contributed by atoms with Gasteiger partial charge in [-0.15, -0.1) is 3.89 Å². The molecule has 0 aromatic carbocycles. The zero-order valence-corrected chi connectivity index (χ0v) is 8.45. The minimum atomic E-state index is -4.61. The fourth-order valence-corrected chi connectivity index (χ4v) is 1.57. The van der Waals surface area contributed by atoms with Crippen LogP contribution in [0.25, 0.3) is 0 Å². The van der Waals surface area contributed by atoms with Crippen LogP contribution in [0.15, 0.2) is 12.3 Å². The first-order valence-corrected chi connectivity index (χ1v) is 5.54. The van der Waals surface area contributed by atoms with Crippen molar-refractivity contribution in [2.45, 2.75) is 6.42 Å². The highest BCUT2D eigenvalue weighted by Crippen LogP contribution is 2.18. The van der Waals surface area contributed by atoms with Crippen molar-refractivity contribution in [3.63, 3.8) is 0 Å². The zero-order valence-electron chi connectivity index (χ0n) is 6.87. The number of rotatable bonds is 3. The number of hydrogen-bond donors (Lipinski definition) is 0. The topological polar surface area (TPSA) is 47.0 Å². The Morgan fingerprint density at radius 3 is 2.64 bits per heavy atom. The first-order valence-electron chi connectivity index (χ1n) is 3.61. The van der Waals surface area contributed by atoms with Gasteiger partial charge in [0.25, 0.3) is 0 Å². The summed E-state index contributed by atoms with van der Waals surface area (Å²) >= 11 is 5.56. The van der Waals surface area contributed by atoms with Gasteiger partial charge in [-0.25, -0.2) is 4.98 Å². The molecule has 0 N–H and O–H groups in total. The van der Waals surface area contributed by atoms with Gasteiger partial charge < -0.3 is 0 Å². The van der Waals surface area contributed by atoms with E-state index in [2.05, 4.69) is 4.98 Å². The Bertz CT molecular complexity index is 415. The molecule has 3 nitrogen and oxygen atoms in total. The number of pyridine rings is 1. The lowest BCUT2D eigenvalue weighted by Crippen LogP contribution is -2.05. The Balaban J connectivity index is 2.87. The first-order chi connectivity index (χ1) is 6.40. The molecule has 0 aliphatic heterocycles. The molecule has 0 bridgehead atoms. The van der Waals surface area contributed by atoms with E-state index in [0.29, 0.717) is 0 Å². The van der Waals surface area contributed by atoms with Crippen molar-refractivity contribution >= 4 is 21.8 Å². The molecule has 1 aromatic rings. The van der Waals surface area contributed by atoms with Crippen molar-refractivity contribution in [1.29, 1.82) is 0 Å². The summed E-state index contributed by atoms with van der Waals surface area (Å²) in [6.45, 7) is 0. The van der Waals surface area contributed by atoms with E-state index in [1.165, 1.54) is 6.07 Å². The van der Waals surface area contributed by atoms with Gasteiger partial charge in [-0.3, -0.25) is 0 Å². The zero-order chi connectivity index (χ0) is 10.8. The molecule has 0 atom stereocenters. The van der Waals surface area contributed by atoms with E-state index in [-0.39, 0.29) is 17.0 Å². The van der Waals surface area contributed by atoms with E-state index < -0.39 is 21.9 Å². The Morgan fingerprint density at radius 2 is 2.14 bits per heavy atom. The summed E-state index contributed by atoms with van der Waals surface area (Å²) in [7, 11) is -4.61. The lowest BCUT2D eigenvalue weighted by molar-refractivity contribution is 0.547. The minimum Gasteiger partial charge on any atom is -0.228 e. The van der Waals surface area contributed by atoms with Crippen LogP contribution in [0.5, 0.6) is 0 Å². The predicted octanol–water partition coefficient (Wildman–Crippen LogP) is 1.72. The quantitative estimate of drug-likeness (QED) is 0.598. The number of hydrogen-bond acceptors (Lipinski definition) is 3. The maximum Gasteiger partial charge on any atom is 0.302 e. The highest BCUT2D eigenvalue weighted by molar-refractivity contribution is 7.86. The fourth-order valence-electron chi connectivity index (χ4n) is 0.892. The SMILES string of the molecule is O=S(=O)(F)CCc1c(Cl)ccnc1F. The molecule has 0 amide bonds. The van der Waals surface area contributed by atoms with E-state index in [9.17, 15) is 16.7 Å². The predicted molar refractivity (Wildman–Crippen MR) is 47.8 cm³/mol. The highest BCUT2D eigenvalue weighted by atomic mass is 35.5. The second kappa shape index (κ2) is 4.18. The van der Waals surface area contributed by atoms with Crippen LogP contribution >= 0.6 is 11.6 Å². The van der Waals surface area contributed by atoms with Gasteiger partial charge in [-0.2, -0.15) is 12.8 Å². The molecule has 1 rings (SSSR count). The van der Waals surface area contributed by atoms with Gasteiger partial charge in [-0.1, -0.05) is 11.6 Å². The van der Waals surface area contributed by atoms with Crippen LogP contribution in [0.3, 0.4) is 0 Å².